The van der Waals surface area contributed by atoms with Gasteiger partial charge in [0, 0.05) is 11.6 Å². The number of nitrogens with one attached hydrogen (secondary N) is 2. The fourth-order valence-electron chi connectivity index (χ4n) is 2.32. The number of aliphatic hydroxyl groups is 1. The number of hydrogen-bond donors (Lipinski definition) is 3. The predicted molar refractivity (Wildman–Crippen MR) is 116 cm³/mol. The minimum absolute atomic E-state index is 0. The summed E-state index contributed by atoms with van der Waals surface area (Å²) in [6.07, 6.45) is -0.662. The van der Waals surface area contributed by atoms with Crippen molar-refractivity contribution in [3.8, 4) is 0 Å². The zero-order valence-corrected chi connectivity index (χ0v) is 17.5. The van der Waals surface area contributed by atoms with Crippen LogP contribution in [0.25, 0.3) is 0 Å². The highest BCUT2D eigenvalue weighted by Crippen LogP contribution is 2.17. The Morgan fingerprint density at radius 2 is 1.72 bits per heavy atom. The number of guanidine groups is 1. The van der Waals surface area contributed by atoms with Crippen LogP contribution in [0.5, 0.6) is 0 Å². The van der Waals surface area contributed by atoms with Crippen molar-refractivity contribution in [2.45, 2.75) is 26.0 Å². The van der Waals surface area contributed by atoms with Gasteiger partial charge in [0.25, 0.3) is 0 Å². The molecule has 0 aliphatic carbocycles. The summed E-state index contributed by atoms with van der Waals surface area (Å²) >= 11 is 5.87. The topological polar surface area (TPSA) is 56.7 Å². The van der Waals surface area contributed by atoms with Crippen molar-refractivity contribution in [1.82, 2.24) is 10.6 Å². The first-order valence-corrected chi connectivity index (χ1v) is 8.51. The summed E-state index contributed by atoms with van der Waals surface area (Å²) in [4.78, 5) is 4.49. The van der Waals surface area contributed by atoms with Crippen LogP contribution < -0.4 is 10.6 Å². The van der Waals surface area contributed by atoms with E-state index in [1.54, 1.807) is 12.1 Å². The van der Waals surface area contributed by atoms with Gasteiger partial charge in [0.15, 0.2) is 5.96 Å². The highest BCUT2D eigenvalue weighted by atomic mass is 127. The standard InChI is InChI=1S/C19H24ClN3O.HI/c1-3-21-19(23-14(2)15-7-5-4-6-8-15)22-13-18(24)16-9-11-17(20)12-10-16;/h4-12,14,18,24H,3,13H2,1-2H3,(H2,21,22,23);1H. The molecular formula is C19H25ClIN3O. The summed E-state index contributed by atoms with van der Waals surface area (Å²) in [6.45, 7) is 5.13. The number of benzene rings is 2. The van der Waals surface area contributed by atoms with E-state index in [0.717, 1.165) is 12.1 Å². The Morgan fingerprint density at radius 1 is 1.08 bits per heavy atom. The monoisotopic (exact) mass is 473 g/mol. The van der Waals surface area contributed by atoms with Crippen molar-refractivity contribution in [3.63, 3.8) is 0 Å². The molecule has 2 aromatic rings. The zero-order valence-electron chi connectivity index (χ0n) is 14.4. The normalized spacial score (nSPS) is 13.5. The largest absolute Gasteiger partial charge is 0.386 e. The van der Waals surface area contributed by atoms with Crippen molar-refractivity contribution in [2.75, 3.05) is 13.1 Å². The van der Waals surface area contributed by atoms with E-state index in [2.05, 4.69) is 34.7 Å². The van der Waals surface area contributed by atoms with E-state index in [-0.39, 0.29) is 36.6 Å². The van der Waals surface area contributed by atoms with Crippen LogP contribution in [-0.4, -0.2) is 24.2 Å². The van der Waals surface area contributed by atoms with Gasteiger partial charge >= 0.3 is 0 Å². The molecule has 4 nitrogen and oxygen atoms in total. The molecule has 0 aliphatic rings. The third-order valence-electron chi connectivity index (χ3n) is 3.67. The Kier molecular flexibility index (Phi) is 9.85. The summed E-state index contributed by atoms with van der Waals surface area (Å²) in [5.41, 5.74) is 1.98. The molecule has 6 heteroatoms. The highest BCUT2D eigenvalue weighted by Gasteiger charge is 2.10. The van der Waals surface area contributed by atoms with Crippen LogP contribution in [0, 0.1) is 0 Å². The molecule has 0 radical (unpaired) electrons. The highest BCUT2D eigenvalue weighted by molar-refractivity contribution is 14.0. The molecule has 0 aromatic heterocycles. The third kappa shape index (κ3) is 7.22. The summed E-state index contributed by atoms with van der Waals surface area (Å²) < 4.78 is 0. The molecule has 136 valence electrons. The fraction of sp³-hybridized carbons (Fsp3) is 0.316. The Labute approximate surface area is 171 Å². The smallest absolute Gasteiger partial charge is 0.191 e. The van der Waals surface area contributed by atoms with Gasteiger partial charge in [0.05, 0.1) is 18.7 Å². The minimum Gasteiger partial charge on any atom is -0.386 e. The van der Waals surface area contributed by atoms with Crippen molar-refractivity contribution in [3.05, 3.63) is 70.7 Å². The fourth-order valence-corrected chi connectivity index (χ4v) is 2.44. The zero-order chi connectivity index (χ0) is 17.4. The van der Waals surface area contributed by atoms with Crippen molar-refractivity contribution >= 4 is 41.5 Å². The van der Waals surface area contributed by atoms with Crippen LogP contribution in [0.4, 0.5) is 0 Å². The lowest BCUT2D eigenvalue weighted by Crippen LogP contribution is -2.39. The molecule has 0 fully saturated rings. The summed E-state index contributed by atoms with van der Waals surface area (Å²) in [5.74, 6) is 0.682. The van der Waals surface area contributed by atoms with Gasteiger partial charge in [0.2, 0.25) is 0 Å². The summed E-state index contributed by atoms with van der Waals surface area (Å²) in [6, 6.07) is 17.5. The molecule has 0 saturated heterocycles. The number of aliphatic imine (C=N–C) groups is 1. The molecule has 0 aliphatic heterocycles. The van der Waals surface area contributed by atoms with Gasteiger partial charge in [0.1, 0.15) is 0 Å². The van der Waals surface area contributed by atoms with E-state index < -0.39 is 6.10 Å². The van der Waals surface area contributed by atoms with Crippen LogP contribution >= 0.6 is 35.6 Å². The second-order valence-corrected chi connectivity index (χ2v) is 6.00. The maximum atomic E-state index is 10.3. The molecule has 0 heterocycles. The molecule has 2 atom stereocenters. The quantitative estimate of drug-likeness (QED) is 0.333. The lowest BCUT2D eigenvalue weighted by atomic mass is 10.1. The first-order chi connectivity index (χ1) is 11.6. The number of rotatable bonds is 6. The van der Waals surface area contributed by atoms with E-state index in [0.29, 0.717) is 11.0 Å². The molecule has 0 amide bonds. The Hall–Kier alpha value is -1.31. The minimum atomic E-state index is -0.662. The van der Waals surface area contributed by atoms with Gasteiger partial charge in [-0.05, 0) is 37.1 Å². The van der Waals surface area contributed by atoms with Crippen LogP contribution in [0.3, 0.4) is 0 Å². The van der Waals surface area contributed by atoms with Gasteiger partial charge in [-0.1, -0.05) is 54.1 Å². The van der Waals surface area contributed by atoms with Crippen LogP contribution in [0.2, 0.25) is 5.02 Å². The average Bonchev–Trinajstić information content (AvgIpc) is 2.61. The Morgan fingerprint density at radius 3 is 2.32 bits per heavy atom. The van der Waals surface area contributed by atoms with Gasteiger partial charge < -0.3 is 15.7 Å². The lowest BCUT2D eigenvalue weighted by Gasteiger charge is -2.19. The number of hydrogen-bond acceptors (Lipinski definition) is 2. The van der Waals surface area contributed by atoms with E-state index in [4.69, 9.17) is 11.6 Å². The van der Waals surface area contributed by atoms with Crippen molar-refractivity contribution in [2.24, 2.45) is 4.99 Å². The number of aliphatic hydroxyl groups excluding tert-OH is 1. The van der Waals surface area contributed by atoms with Crippen LogP contribution in [0.1, 0.15) is 37.1 Å². The van der Waals surface area contributed by atoms with Gasteiger partial charge in [-0.2, -0.15) is 0 Å². The number of nitrogens with zero attached hydrogens (tertiary/aromatic N) is 1. The van der Waals surface area contributed by atoms with E-state index in [1.165, 1.54) is 5.56 Å². The Balaban J connectivity index is 0.00000312. The van der Waals surface area contributed by atoms with Gasteiger partial charge in [-0.25, -0.2) is 0 Å². The molecule has 0 saturated carbocycles. The first kappa shape index (κ1) is 21.7. The summed E-state index contributed by atoms with van der Waals surface area (Å²) in [7, 11) is 0. The van der Waals surface area contributed by atoms with E-state index in [1.807, 2.05) is 37.3 Å². The average molecular weight is 474 g/mol. The summed E-state index contributed by atoms with van der Waals surface area (Å²) in [5, 5.41) is 17.5. The van der Waals surface area contributed by atoms with E-state index in [9.17, 15) is 5.11 Å². The van der Waals surface area contributed by atoms with E-state index >= 15 is 0 Å². The molecular weight excluding hydrogens is 449 g/mol. The predicted octanol–water partition coefficient (Wildman–Crippen LogP) is 4.31. The molecule has 2 rings (SSSR count). The molecule has 3 N–H and O–H groups in total. The number of halogens is 2. The van der Waals surface area contributed by atoms with Gasteiger partial charge in [-0.15, -0.1) is 24.0 Å². The van der Waals surface area contributed by atoms with Crippen molar-refractivity contribution < 1.29 is 5.11 Å². The SMILES string of the molecule is CCNC(=NCC(O)c1ccc(Cl)cc1)NC(C)c1ccccc1.I. The maximum absolute atomic E-state index is 10.3. The third-order valence-corrected chi connectivity index (χ3v) is 3.93. The molecule has 25 heavy (non-hydrogen) atoms. The van der Waals surface area contributed by atoms with Crippen LogP contribution in [-0.2, 0) is 0 Å². The first-order valence-electron chi connectivity index (χ1n) is 8.13. The molecule has 2 unspecified atom stereocenters. The van der Waals surface area contributed by atoms with Gasteiger partial charge in [-0.3, -0.25) is 4.99 Å². The van der Waals surface area contributed by atoms with Crippen LogP contribution in [0.15, 0.2) is 59.6 Å². The second kappa shape index (κ2) is 11.3. The maximum Gasteiger partial charge on any atom is 0.191 e. The Bertz CT molecular complexity index is 649. The van der Waals surface area contributed by atoms with Crippen molar-refractivity contribution in [1.29, 1.82) is 0 Å². The lowest BCUT2D eigenvalue weighted by molar-refractivity contribution is 0.187. The molecule has 0 spiro atoms. The second-order valence-electron chi connectivity index (χ2n) is 5.56. The molecule has 0 bridgehead atoms. The molecule has 2 aromatic carbocycles.